The number of ether oxygens (including phenoxy) is 2. The summed E-state index contributed by atoms with van der Waals surface area (Å²) in [5.41, 5.74) is 3.85. The Balaban J connectivity index is 1.77. The lowest BCUT2D eigenvalue weighted by atomic mass is 9.98. The van der Waals surface area contributed by atoms with Crippen molar-refractivity contribution in [1.29, 1.82) is 0 Å². The highest BCUT2D eigenvalue weighted by Gasteiger charge is 2.31. The van der Waals surface area contributed by atoms with E-state index in [1.807, 2.05) is 24.3 Å². The van der Waals surface area contributed by atoms with Gasteiger partial charge in [0, 0.05) is 5.56 Å². The minimum Gasteiger partial charge on any atom is -0.489 e. The third kappa shape index (κ3) is 3.57. The molecule has 5 nitrogen and oxygen atoms in total. The first-order valence-electron chi connectivity index (χ1n) is 8.11. The lowest BCUT2D eigenvalue weighted by Gasteiger charge is -2.23. The maximum absolute atomic E-state index is 12.0. The SMILES string of the molecule is COC(=O)c1ccc2c(c1)C(SN1CNC(S)S1)c1ccccc1CO2. The van der Waals surface area contributed by atoms with E-state index in [0.717, 1.165) is 23.5 Å². The van der Waals surface area contributed by atoms with Crippen LogP contribution in [-0.2, 0) is 11.3 Å². The normalized spacial score (nSPS) is 22.1. The number of carbonyl (C=O) groups is 1. The first kappa shape index (κ1) is 18.1. The number of thiol groups is 1. The summed E-state index contributed by atoms with van der Waals surface area (Å²) in [6.45, 7) is 1.24. The van der Waals surface area contributed by atoms with Crippen LogP contribution in [0.2, 0.25) is 0 Å². The third-order valence-electron chi connectivity index (χ3n) is 4.27. The first-order chi connectivity index (χ1) is 12.7. The molecule has 0 aromatic heterocycles. The van der Waals surface area contributed by atoms with Gasteiger partial charge >= 0.3 is 5.97 Å². The van der Waals surface area contributed by atoms with Gasteiger partial charge in [0.05, 0.1) is 24.6 Å². The van der Waals surface area contributed by atoms with Gasteiger partial charge in [-0.05, 0) is 41.3 Å². The van der Waals surface area contributed by atoms with Crippen LogP contribution in [0.4, 0.5) is 0 Å². The number of hydrogen-bond donors (Lipinski definition) is 2. The molecule has 136 valence electrons. The van der Waals surface area contributed by atoms with Crippen LogP contribution in [0.25, 0.3) is 0 Å². The van der Waals surface area contributed by atoms with Gasteiger partial charge in [0.1, 0.15) is 17.1 Å². The van der Waals surface area contributed by atoms with Crippen molar-refractivity contribution in [3.05, 3.63) is 64.7 Å². The molecule has 2 heterocycles. The summed E-state index contributed by atoms with van der Waals surface area (Å²) >= 11 is 7.83. The molecule has 2 atom stereocenters. The number of nitrogens with zero attached hydrogens (tertiary/aromatic N) is 1. The van der Waals surface area contributed by atoms with Crippen molar-refractivity contribution < 1.29 is 14.3 Å². The van der Waals surface area contributed by atoms with Crippen molar-refractivity contribution in [2.75, 3.05) is 13.8 Å². The number of fused-ring (bicyclic) bond motifs is 2. The zero-order valence-electron chi connectivity index (χ0n) is 14.0. The second-order valence-electron chi connectivity index (χ2n) is 5.87. The van der Waals surface area contributed by atoms with E-state index >= 15 is 0 Å². The van der Waals surface area contributed by atoms with Gasteiger partial charge in [-0.25, -0.2) is 4.79 Å². The average molecular weight is 407 g/mol. The summed E-state index contributed by atoms with van der Waals surface area (Å²) in [5.74, 6) is 0.452. The highest BCUT2D eigenvalue weighted by Crippen LogP contribution is 2.48. The molecular weight excluding hydrogens is 388 g/mol. The molecule has 26 heavy (non-hydrogen) atoms. The van der Waals surface area contributed by atoms with E-state index in [0.29, 0.717) is 12.2 Å². The summed E-state index contributed by atoms with van der Waals surface area (Å²) in [7, 11) is 1.39. The van der Waals surface area contributed by atoms with Crippen molar-refractivity contribution in [3.63, 3.8) is 0 Å². The Morgan fingerprint density at radius 3 is 2.96 bits per heavy atom. The standard InChI is InChI=1S/C18H18N2O3S3/c1-22-17(21)11-6-7-15-14(8-11)16(25-20-10-19-18(24)26-20)13-5-3-2-4-12(13)9-23-15/h2-8,16,18-19,24H,9-10H2,1H3. The first-order valence-corrected chi connectivity index (χ1v) is 10.3. The van der Waals surface area contributed by atoms with E-state index in [2.05, 4.69) is 33.8 Å². The van der Waals surface area contributed by atoms with Crippen molar-refractivity contribution in [2.45, 2.75) is 16.6 Å². The van der Waals surface area contributed by atoms with E-state index < -0.39 is 0 Å². The smallest absolute Gasteiger partial charge is 0.337 e. The number of hydrogen-bond acceptors (Lipinski definition) is 8. The molecule has 0 bridgehead atoms. The van der Waals surface area contributed by atoms with E-state index in [1.54, 1.807) is 30.0 Å². The Morgan fingerprint density at radius 2 is 2.19 bits per heavy atom. The Kier molecular flexibility index (Phi) is 5.37. The molecule has 2 aromatic rings. The molecule has 2 aliphatic heterocycles. The number of benzene rings is 2. The Morgan fingerprint density at radius 1 is 1.35 bits per heavy atom. The summed E-state index contributed by atoms with van der Waals surface area (Å²) in [4.78, 5) is 12.0. The van der Waals surface area contributed by atoms with Gasteiger partial charge in [0.2, 0.25) is 0 Å². The van der Waals surface area contributed by atoms with Gasteiger partial charge in [-0.15, -0.1) is 12.6 Å². The van der Waals surface area contributed by atoms with E-state index in [9.17, 15) is 4.79 Å². The minimum absolute atomic E-state index is 0.0150. The van der Waals surface area contributed by atoms with E-state index in [4.69, 9.17) is 9.47 Å². The summed E-state index contributed by atoms with van der Waals surface area (Å²) in [6.07, 6.45) is 0. The lowest BCUT2D eigenvalue weighted by molar-refractivity contribution is 0.0600. The molecule has 0 aliphatic carbocycles. The van der Waals surface area contributed by atoms with Crippen molar-refractivity contribution in [2.24, 2.45) is 0 Å². The average Bonchev–Trinajstić information content (AvgIpc) is 3.02. The summed E-state index contributed by atoms with van der Waals surface area (Å²) in [6, 6.07) is 13.8. The molecule has 0 saturated carbocycles. The number of esters is 1. The third-order valence-corrected chi connectivity index (χ3v) is 7.06. The molecule has 2 unspecified atom stereocenters. The highest BCUT2D eigenvalue weighted by molar-refractivity contribution is 8.17. The maximum atomic E-state index is 12.0. The molecule has 2 aliphatic rings. The molecule has 2 aromatic carbocycles. The van der Waals surface area contributed by atoms with Crippen LogP contribution in [0.3, 0.4) is 0 Å². The molecule has 8 heteroatoms. The lowest BCUT2D eigenvalue weighted by Crippen LogP contribution is -2.17. The topological polar surface area (TPSA) is 50.8 Å². The number of rotatable bonds is 3. The molecule has 0 amide bonds. The van der Waals surface area contributed by atoms with Gasteiger partial charge in [-0.2, -0.15) is 3.71 Å². The molecule has 4 rings (SSSR count). The molecular formula is C18H18N2O3S3. The van der Waals surface area contributed by atoms with Crippen molar-refractivity contribution in [3.8, 4) is 5.75 Å². The van der Waals surface area contributed by atoms with Crippen molar-refractivity contribution >= 4 is 42.5 Å². The van der Waals surface area contributed by atoms with Crippen LogP contribution in [-0.4, -0.2) is 28.2 Å². The predicted octanol–water partition coefficient (Wildman–Crippen LogP) is 3.83. The fourth-order valence-electron chi connectivity index (χ4n) is 3.01. The maximum Gasteiger partial charge on any atom is 0.337 e. The molecule has 1 N–H and O–H groups in total. The second-order valence-corrected chi connectivity index (χ2v) is 9.21. The fraction of sp³-hybridized carbons (Fsp3) is 0.278. The zero-order chi connectivity index (χ0) is 18.1. The van der Waals surface area contributed by atoms with E-state index in [-0.39, 0.29) is 15.9 Å². The number of methoxy groups -OCH3 is 1. The van der Waals surface area contributed by atoms with E-state index in [1.165, 1.54) is 12.7 Å². The van der Waals surface area contributed by atoms with Gasteiger partial charge in [0.15, 0.2) is 0 Å². The van der Waals surface area contributed by atoms with Crippen LogP contribution >= 0.6 is 36.5 Å². The summed E-state index contributed by atoms with van der Waals surface area (Å²) in [5, 5.41) is 3.30. The number of nitrogens with one attached hydrogen (secondary N) is 1. The van der Waals surface area contributed by atoms with Gasteiger partial charge in [0.25, 0.3) is 0 Å². The Bertz CT molecular complexity index is 833. The van der Waals surface area contributed by atoms with Gasteiger partial charge < -0.3 is 9.47 Å². The monoisotopic (exact) mass is 406 g/mol. The minimum atomic E-state index is -0.346. The second kappa shape index (κ2) is 7.74. The predicted molar refractivity (Wildman–Crippen MR) is 108 cm³/mol. The van der Waals surface area contributed by atoms with Gasteiger partial charge in [-0.3, -0.25) is 5.32 Å². The largest absolute Gasteiger partial charge is 0.489 e. The highest BCUT2D eigenvalue weighted by atomic mass is 32.2. The number of carbonyl (C=O) groups excluding carboxylic acids is 1. The van der Waals surface area contributed by atoms with Crippen LogP contribution in [0.15, 0.2) is 42.5 Å². The molecule has 1 saturated heterocycles. The molecule has 0 radical (unpaired) electrons. The molecule has 0 spiro atoms. The zero-order valence-corrected chi connectivity index (χ0v) is 16.6. The van der Waals surface area contributed by atoms with Gasteiger partial charge in [-0.1, -0.05) is 36.2 Å². The van der Waals surface area contributed by atoms with Crippen LogP contribution in [0.5, 0.6) is 5.75 Å². The fourth-order valence-corrected chi connectivity index (χ4v) is 5.88. The van der Waals surface area contributed by atoms with Crippen LogP contribution in [0, 0.1) is 0 Å². The van der Waals surface area contributed by atoms with Crippen LogP contribution < -0.4 is 10.1 Å². The molecule has 1 fully saturated rings. The Labute approximate surface area is 166 Å². The van der Waals surface area contributed by atoms with Crippen LogP contribution in [0.1, 0.15) is 32.3 Å². The summed E-state index contributed by atoms with van der Waals surface area (Å²) < 4.78 is 13.2. The van der Waals surface area contributed by atoms with Crippen molar-refractivity contribution in [1.82, 2.24) is 9.03 Å². The quantitative estimate of drug-likeness (QED) is 0.456. The Hall–Kier alpha value is -1.32.